The Morgan fingerprint density at radius 2 is 1.79 bits per heavy atom. The van der Waals surface area contributed by atoms with E-state index >= 15 is 0 Å². The molecule has 0 bridgehead atoms. The van der Waals surface area contributed by atoms with Gasteiger partial charge in [-0.05, 0) is 30.0 Å². The second kappa shape index (κ2) is 10.1. The van der Waals surface area contributed by atoms with Gasteiger partial charge >= 0.3 is 0 Å². The van der Waals surface area contributed by atoms with Gasteiger partial charge in [0.2, 0.25) is 5.91 Å². The van der Waals surface area contributed by atoms with E-state index in [2.05, 4.69) is 46.6 Å². The maximum absolute atomic E-state index is 12.1. The van der Waals surface area contributed by atoms with Crippen molar-refractivity contribution in [3.63, 3.8) is 0 Å². The van der Waals surface area contributed by atoms with Crippen molar-refractivity contribution in [2.75, 3.05) is 17.6 Å². The number of amides is 1. The topological polar surface area (TPSA) is 66.9 Å². The molecule has 0 saturated carbocycles. The van der Waals surface area contributed by atoms with Crippen LogP contribution in [0.15, 0.2) is 59.8 Å². The standard InChI is InChI=1S/C22H26N4OS/c1-16(2)12-13-23-20(27)15-28-22-25-19-11-7-6-10-18(19)21(26-22)24-14-17-8-4-3-5-9-17/h3-11,16H,12-15H2,1-2H3,(H,23,27)(H,24,25,26). The SMILES string of the molecule is CC(C)CCNC(=O)CSc1nc(NCc2ccccc2)c2ccccc2n1. The molecule has 0 saturated heterocycles. The molecular weight excluding hydrogens is 368 g/mol. The summed E-state index contributed by atoms with van der Waals surface area (Å²) < 4.78 is 0. The van der Waals surface area contributed by atoms with E-state index in [9.17, 15) is 4.79 Å². The summed E-state index contributed by atoms with van der Waals surface area (Å²) in [7, 11) is 0. The Hall–Kier alpha value is -2.60. The second-order valence-electron chi connectivity index (χ2n) is 7.03. The van der Waals surface area contributed by atoms with Crippen LogP contribution in [0.25, 0.3) is 10.9 Å². The molecule has 0 aliphatic rings. The van der Waals surface area contributed by atoms with Gasteiger partial charge in [-0.3, -0.25) is 4.79 Å². The van der Waals surface area contributed by atoms with E-state index in [1.165, 1.54) is 17.3 Å². The van der Waals surface area contributed by atoms with Gasteiger partial charge in [-0.15, -0.1) is 0 Å². The lowest BCUT2D eigenvalue weighted by Crippen LogP contribution is -2.27. The van der Waals surface area contributed by atoms with Gasteiger partial charge in [0.15, 0.2) is 5.16 Å². The van der Waals surface area contributed by atoms with Gasteiger partial charge in [-0.25, -0.2) is 9.97 Å². The fraction of sp³-hybridized carbons (Fsp3) is 0.318. The number of thioether (sulfide) groups is 1. The minimum atomic E-state index is 0.0150. The highest BCUT2D eigenvalue weighted by atomic mass is 32.2. The van der Waals surface area contributed by atoms with Crippen LogP contribution >= 0.6 is 11.8 Å². The number of rotatable bonds is 9. The molecule has 6 heteroatoms. The van der Waals surface area contributed by atoms with Crippen molar-refractivity contribution in [2.45, 2.75) is 32.0 Å². The van der Waals surface area contributed by atoms with Crippen LogP contribution in [0.2, 0.25) is 0 Å². The number of anilines is 1. The number of nitrogens with one attached hydrogen (secondary N) is 2. The first-order chi connectivity index (χ1) is 13.6. The van der Waals surface area contributed by atoms with Crippen LogP contribution in [0, 0.1) is 5.92 Å². The van der Waals surface area contributed by atoms with Crippen molar-refractivity contribution in [3.8, 4) is 0 Å². The molecule has 146 valence electrons. The lowest BCUT2D eigenvalue weighted by molar-refractivity contribution is -0.118. The van der Waals surface area contributed by atoms with E-state index in [1.54, 1.807) is 0 Å². The van der Waals surface area contributed by atoms with E-state index in [0.717, 1.165) is 23.1 Å². The zero-order valence-electron chi connectivity index (χ0n) is 16.3. The molecule has 0 atom stereocenters. The molecule has 0 radical (unpaired) electrons. The molecule has 0 unspecified atom stereocenters. The Morgan fingerprint density at radius 3 is 2.57 bits per heavy atom. The van der Waals surface area contributed by atoms with Crippen LogP contribution < -0.4 is 10.6 Å². The minimum absolute atomic E-state index is 0.0150. The third-order valence-electron chi connectivity index (χ3n) is 4.26. The summed E-state index contributed by atoms with van der Waals surface area (Å²) in [5.74, 6) is 1.70. The zero-order valence-corrected chi connectivity index (χ0v) is 17.1. The predicted molar refractivity (Wildman–Crippen MR) is 116 cm³/mol. The number of carbonyl (C=O) groups excluding carboxylic acids is 1. The normalized spacial score (nSPS) is 11.0. The number of aromatic nitrogens is 2. The Labute approximate surface area is 170 Å². The second-order valence-corrected chi connectivity index (χ2v) is 7.97. The maximum Gasteiger partial charge on any atom is 0.230 e. The van der Waals surface area contributed by atoms with Gasteiger partial charge in [-0.1, -0.05) is 68.1 Å². The van der Waals surface area contributed by atoms with Crippen LogP contribution in [-0.4, -0.2) is 28.2 Å². The van der Waals surface area contributed by atoms with Crippen LogP contribution in [0.5, 0.6) is 0 Å². The molecule has 2 N–H and O–H groups in total. The fourth-order valence-electron chi connectivity index (χ4n) is 2.72. The molecule has 0 spiro atoms. The quantitative estimate of drug-likeness (QED) is 0.413. The number of hydrogen-bond donors (Lipinski definition) is 2. The average Bonchev–Trinajstić information content (AvgIpc) is 2.71. The number of nitrogens with zero attached hydrogens (tertiary/aromatic N) is 2. The van der Waals surface area contributed by atoms with Crippen molar-refractivity contribution in [1.29, 1.82) is 0 Å². The van der Waals surface area contributed by atoms with Gasteiger partial charge in [-0.2, -0.15) is 0 Å². The van der Waals surface area contributed by atoms with Crippen LogP contribution in [0.1, 0.15) is 25.8 Å². The number of hydrogen-bond acceptors (Lipinski definition) is 5. The fourth-order valence-corrected chi connectivity index (χ4v) is 3.40. The van der Waals surface area contributed by atoms with Crippen molar-refractivity contribution in [3.05, 3.63) is 60.2 Å². The highest BCUT2D eigenvalue weighted by Gasteiger charge is 2.10. The number of benzene rings is 2. The van der Waals surface area contributed by atoms with Gasteiger partial charge in [0.1, 0.15) is 5.82 Å². The molecule has 2 aromatic carbocycles. The lowest BCUT2D eigenvalue weighted by atomic mass is 10.1. The maximum atomic E-state index is 12.1. The number of para-hydroxylation sites is 1. The lowest BCUT2D eigenvalue weighted by Gasteiger charge is -2.11. The molecule has 1 heterocycles. The van der Waals surface area contributed by atoms with E-state index in [0.29, 0.717) is 29.9 Å². The Bertz CT molecular complexity index is 915. The van der Waals surface area contributed by atoms with Crippen LogP contribution in [0.3, 0.4) is 0 Å². The van der Waals surface area contributed by atoms with Crippen molar-refractivity contribution in [1.82, 2.24) is 15.3 Å². The van der Waals surface area contributed by atoms with Gasteiger partial charge < -0.3 is 10.6 Å². The van der Waals surface area contributed by atoms with Crippen molar-refractivity contribution >= 4 is 34.4 Å². The van der Waals surface area contributed by atoms with Gasteiger partial charge in [0.25, 0.3) is 0 Å². The first-order valence-corrected chi connectivity index (χ1v) is 10.5. The first kappa shape index (κ1) is 20.1. The van der Waals surface area contributed by atoms with Crippen molar-refractivity contribution in [2.24, 2.45) is 5.92 Å². The smallest absolute Gasteiger partial charge is 0.230 e. The Morgan fingerprint density at radius 1 is 1.04 bits per heavy atom. The van der Waals surface area contributed by atoms with E-state index < -0.39 is 0 Å². The molecule has 1 aromatic heterocycles. The average molecular weight is 395 g/mol. The van der Waals surface area contributed by atoms with E-state index in [4.69, 9.17) is 0 Å². The van der Waals surface area contributed by atoms with Gasteiger partial charge in [0.05, 0.1) is 11.3 Å². The van der Waals surface area contributed by atoms with E-state index in [1.807, 2.05) is 42.5 Å². The highest BCUT2D eigenvalue weighted by Crippen LogP contribution is 2.24. The molecule has 0 fully saturated rings. The summed E-state index contributed by atoms with van der Waals surface area (Å²) in [5.41, 5.74) is 2.06. The summed E-state index contributed by atoms with van der Waals surface area (Å²) in [6.07, 6.45) is 0.983. The molecular formula is C22H26N4OS. The molecule has 1 amide bonds. The first-order valence-electron chi connectivity index (χ1n) is 9.56. The number of fused-ring (bicyclic) bond motifs is 1. The summed E-state index contributed by atoms with van der Waals surface area (Å²) in [5, 5.41) is 7.95. The predicted octanol–water partition coefficient (Wildman–Crippen LogP) is 4.50. The van der Waals surface area contributed by atoms with Crippen molar-refractivity contribution < 1.29 is 4.79 Å². The molecule has 3 rings (SSSR count). The molecule has 0 aliphatic carbocycles. The molecule has 28 heavy (non-hydrogen) atoms. The monoisotopic (exact) mass is 394 g/mol. The Kier molecular flexibility index (Phi) is 7.25. The highest BCUT2D eigenvalue weighted by molar-refractivity contribution is 7.99. The summed E-state index contributed by atoms with van der Waals surface area (Å²) in [6.45, 7) is 5.68. The summed E-state index contributed by atoms with van der Waals surface area (Å²) in [6, 6.07) is 18.1. The molecule has 5 nitrogen and oxygen atoms in total. The Balaban J connectivity index is 1.68. The largest absolute Gasteiger partial charge is 0.365 e. The third-order valence-corrected chi connectivity index (χ3v) is 5.11. The van der Waals surface area contributed by atoms with Crippen LogP contribution in [-0.2, 0) is 11.3 Å². The van der Waals surface area contributed by atoms with Gasteiger partial charge in [0, 0.05) is 18.5 Å². The number of carbonyl (C=O) groups is 1. The summed E-state index contributed by atoms with van der Waals surface area (Å²) >= 11 is 1.36. The minimum Gasteiger partial charge on any atom is -0.365 e. The molecule has 0 aliphatic heterocycles. The molecule has 3 aromatic rings. The third kappa shape index (κ3) is 5.96. The van der Waals surface area contributed by atoms with E-state index in [-0.39, 0.29) is 5.91 Å². The zero-order chi connectivity index (χ0) is 19.8. The van der Waals surface area contributed by atoms with Crippen LogP contribution in [0.4, 0.5) is 5.82 Å². The summed E-state index contributed by atoms with van der Waals surface area (Å²) in [4.78, 5) is 21.3.